The average Bonchev–Trinajstić information content (AvgIpc) is 3.00. The summed E-state index contributed by atoms with van der Waals surface area (Å²) in [6, 6.07) is 3.34. The SMILES string of the molecule is O=C[C@@H]1CCCN1C(=O)CCC(=O)NCc1ccncc1. The van der Waals surface area contributed by atoms with Gasteiger partial charge < -0.3 is 15.0 Å². The van der Waals surface area contributed by atoms with Crippen LogP contribution in [0.4, 0.5) is 0 Å². The first kappa shape index (κ1) is 15.2. The standard InChI is InChI=1S/C15H19N3O3/c19-11-13-2-1-9-18(13)15(21)4-3-14(20)17-10-12-5-7-16-8-6-12/h5-8,11,13H,1-4,9-10H2,(H,17,20)/t13-/m0/s1. The van der Waals surface area contributed by atoms with Gasteiger partial charge in [0.1, 0.15) is 6.29 Å². The predicted octanol–water partition coefficient (Wildman–Crippen LogP) is 0.668. The van der Waals surface area contributed by atoms with Gasteiger partial charge in [-0.3, -0.25) is 14.6 Å². The molecule has 0 bridgehead atoms. The summed E-state index contributed by atoms with van der Waals surface area (Å²) in [6.07, 6.45) is 6.01. The minimum Gasteiger partial charge on any atom is -0.352 e. The molecular formula is C15H19N3O3. The summed E-state index contributed by atoms with van der Waals surface area (Å²) < 4.78 is 0. The van der Waals surface area contributed by atoms with E-state index in [0.29, 0.717) is 13.1 Å². The molecule has 112 valence electrons. The van der Waals surface area contributed by atoms with E-state index in [0.717, 1.165) is 24.7 Å². The molecule has 1 saturated heterocycles. The summed E-state index contributed by atoms with van der Waals surface area (Å²) in [4.78, 5) is 40.0. The van der Waals surface area contributed by atoms with E-state index in [1.54, 1.807) is 17.3 Å². The van der Waals surface area contributed by atoms with Gasteiger partial charge in [0.05, 0.1) is 6.04 Å². The van der Waals surface area contributed by atoms with Crippen LogP contribution in [-0.4, -0.2) is 40.6 Å². The van der Waals surface area contributed by atoms with Crippen LogP contribution < -0.4 is 5.32 Å². The molecule has 0 aromatic carbocycles. The van der Waals surface area contributed by atoms with Crippen LogP contribution in [0.5, 0.6) is 0 Å². The van der Waals surface area contributed by atoms with Crippen LogP contribution in [0.1, 0.15) is 31.2 Å². The zero-order chi connectivity index (χ0) is 15.1. The van der Waals surface area contributed by atoms with Gasteiger partial charge in [-0.1, -0.05) is 0 Å². The molecule has 1 aliphatic rings. The number of rotatable bonds is 6. The van der Waals surface area contributed by atoms with Crippen LogP contribution in [0.2, 0.25) is 0 Å². The van der Waals surface area contributed by atoms with Gasteiger partial charge in [0, 0.05) is 38.3 Å². The van der Waals surface area contributed by atoms with Crippen LogP contribution in [0.15, 0.2) is 24.5 Å². The number of nitrogens with one attached hydrogen (secondary N) is 1. The second kappa shape index (κ2) is 7.52. The van der Waals surface area contributed by atoms with Crippen molar-refractivity contribution < 1.29 is 14.4 Å². The number of aldehydes is 1. The van der Waals surface area contributed by atoms with Crippen LogP contribution in [-0.2, 0) is 20.9 Å². The molecule has 0 radical (unpaired) electrons. The van der Waals surface area contributed by atoms with E-state index in [-0.39, 0.29) is 30.7 Å². The number of likely N-dealkylation sites (tertiary alicyclic amines) is 1. The fourth-order valence-corrected chi connectivity index (χ4v) is 2.40. The Hall–Kier alpha value is -2.24. The highest BCUT2D eigenvalue weighted by molar-refractivity contribution is 5.85. The number of pyridine rings is 1. The van der Waals surface area contributed by atoms with E-state index in [4.69, 9.17) is 0 Å². The number of carbonyl (C=O) groups is 3. The number of carbonyl (C=O) groups excluding carboxylic acids is 3. The monoisotopic (exact) mass is 289 g/mol. The highest BCUT2D eigenvalue weighted by Gasteiger charge is 2.27. The molecule has 2 rings (SSSR count). The smallest absolute Gasteiger partial charge is 0.223 e. The average molecular weight is 289 g/mol. The van der Waals surface area contributed by atoms with Gasteiger partial charge in [-0.25, -0.2) is 0 Å². The Morgan fingerprint density at radius 1 is 1.33 bits per heavy atom. The van der Waals surface area contributed by atoms with Crippen molar-refractivity contribution in [2.24, 2.45) is 0 Å². The molecular weight excluding hydrogens is 270 g/mol. The van der Waals surface area contributed by atoms with Crippen molar-refractivity contribution in [3.63, 3.8) is 0 Å². The van der Waals surface area contributed by atoms with Crippen LogP contribution >= 0.6 is 0 Å². The van der Waals surface area contributed by atoms with Gasteiger partial charge in [0.15, 0.2) is 0 Å². The van der Waals surface area contributed by atoms with Crippen LogP contribution in [0.3, 0.4) is 0 Å². The molecule has 2 heterocycles. The van der Waals surface area contributed by atoms with Gasteiger partial charge >= 0.3 is 0 Å². The maximum atomic E-state index is 12.0. The molecule has 1 aromatic rings. The molecule has 0 spiro atoms. The molecule has 1 aliphatic heterocycles. The van der Waals surface area contributed by atoms with Crippen LogP contribution in [0, 0.1) is 0 Å². The Labute approximate surface area is 123 Å². The molecule has 0 unspecified atom stereocenters. The van der Waals surface area contributed by atoms with Crippen molar-refractivity contribution in [3.8, 4) is 0 Å². The van der Waals surface area contributed by atoms with Crippen molar-refractivity contribution in [1.82, 2.24) is 15.2 Å². The highest BCUT2D eigenvalue weighted by atomic mass is 16.2. The third-order valence-corrected chi connectivity index (χ3v) is 3.58. The molecule has 1 N–H and O–H groups in total. The van der Waals surface area contributed by atoms with Crippen molar-refractivity contribution in [2.75, 3.05) is 6.54 Å². The third kappa shape index (κ3) is 4.37. The van der Waals surface area contributed by atoms with Crippen molar-refractivity contribution >= 4 is 18.1 Å². The molecule has 1 fully saturated rings. The van der Waals surface area contributed by atoms with Gasteiger partial charge in [0.25, 0.3) is 0 Å². The van der Waals surface area contributed by atoms with Crippen LogP contribution in [0.25, 0.3) is 0 Å². The summed E-state index contributed by atoms with van der Waals surface area (Å²) in [6.45, 7) is 1.04. The lowest BCUT2D eigenvalue weighted by Crippen LogP contribution is -2.37. The Morgan fingerprint density at radius 3 is 2.81 bits per heavy atom. The van der Waals surface area contributed by atoms with E-state index in [1.165, 1.54) is 0 Å². The zero-order valence-corrected chi connectivity index (χ0v) is 11.8. The molecule has 1 atom stereocenters. The Morgan fingerprint density at radius 2 is 2.10 bits per heavy atom. The molecule has 6 heteroatoms. The number of hydrogen-bond donors (Lipinski definition) is 1. The fourth-order valence-electron chi connectivity index (χ4n) is 2.40. The van der Waals surface area contributed by atoms with Gasteiger partial charge in [-0.2, -0.15) is 0 Å². The van der Waals surface area contributed by atoms with E-state index in [1.807, 2.05) is 12.1 Å². The topological polar surface area (TPSA) is 79.4 Å². The lowest BCUT2D eigenvalue weighted by Gasteiger charge is -2.20. The minimum absolute atomic E-state index is 0.122. The number of hydrogen-bond acceptors (Lipinski definition) is 4. The van der Waals surface area contributed by atoms with Crippen molar-refractivity contribution in [3.05, 3.63) is 30.1 Å². The first-order chi connectivity index (χ1) is 10.2. The second-order valence-electron chi connectivity index (χ2n) is 5.06. The Kier molecular flexibility index (Phi) is 5.43. The minimum atomic E-state index is -0.308. The maximum absolute atomic E-state index is 12.0. The van der Waals surface area contributed by atoms with E-state index < -0.39 is 0 Å². The summed E-state index contributed by atoms with van der Waals surface area (Å²) in [5.74, 6) is -0.286. The lowest BCUT2D eigenvalue weighted by atomic mass is 10.2. The number of aromatic nitrogens is 1. The normalized spacial score (nSPS) is 17.5. The largest absolute Gasteiger partial charge is 0.352 e. The van der Waals surface area contributed by atoms with E-state index in [2.05, 4.69) is 10.3 Å². The molecule has 0 aliphatic carbocycles. The summed E-state index contributed by atoms with van der Waals surface area (Å²) in [5.41, 5.74) is 0.963. The Balaban J connectivity index is 1.71. The number of amides is 2. The highest BCUT2D eigenvalue weighted by Crippen LogP contribution is 2.16. The fraction of sp³-hybridized carbons (Fsp3) is 0.467. The van der Waals surface area contributed by atoms with Crippen molar-refractivity contribution in [1.29, 1.82) is 0 Å². The van der Waals surface area contributed by atoms with Crippen molar-refractivity contribution in [2.45, 2.75) is 38.3 Å². The van der Waals surface area contributed by atoms with E-state index in [9.17, 15) is 14.4 Å². The molecule has 0 saturated carbocycles. The van der Waals surface area contributed by atoms with E-state index >= 15 is 0 Å². The molecule has 1 aromatic heterocycles. The molecule has 6 nitrogen and oxygen atoms in total. The van der Waals surface area contributed by atoms with Gasteiger partial charge in [-0.15, -0.1) is 0 Å². The number of nitrogens with zero attached hydrogens (tertiary/aromatic N) is 2. The quantitative estimate of drug-likeness (QED) is 0.781. The maximum Gasteiger partial charge on any atom is 0.223 e. The zero-order valence-electron chi connectivity index (χ0n) is 11.8. The Bertz CT molecular complexity index is 504. The second-order valence-corrected chi connectivity index (χ2v) is 5.06. The summed E-state index contributed by atoms with van der Waals surface area (Å²) in [5, 5.41) is 2.76. The first-order valence-electron chi connectivity index (χ1n) is 7.11. The first-order valence-corrected chi connectivity index (χ1v) is 7.11. The van der Waals surface area contributed by atoms with Gasteiger partial charge in [-0.05, 0) is 30.5 Å². The summed E-state index contributed by atoms with van der Waals surface area (Å²) >= 11 is 0. The molecule has 2 amide bonds. The summed E-state index contributed by atoms with van der Waals surface area (Å²) in [7, 11) is 0. The van der Waals surface area contributed by atoms with Gasteiger partial charge in [0.2, 0.25) is 11.8 Å². The lowest BCUT2D eigenvalue weighted by molar-refractivity contribution is -0.136. The third-order valence-electron chi connectivity index (χ3n) is 3.58. The predicted molar refractivity (Wildman–Crippen MR) is 76.1 cm³/mol. The molecule has 21 heavy (non-hydrogen) atoms.